The van der Waals surface area contributed by atoms with Crippen LogP contribution in [0.4, 0.5) is 0 Å². The minimum absolute atomic E-state index is 0.0166. The predicted molar refractivity (Wildman–Crippen MR) is 127 cm³/mol. The molecule has 0 aliphatic rings. The SMILES string of the molecule is CC(C)CNC(=O)[C@H](C)N(CCc1ccccc1)C(=O)CSCc1ccc(Cl)cc1. The minimum Gasteiger partial charge on any atom is -0.354 e. The largest absolute Gasteiger partial charge is 0.354 e. The lowest BCUT2D eigenvalue weighted by atomic mass is 10.1. The third-order valence-corrected chi connectivity index (χ3v) is 5.98. The van der Waals surface area contributed by atoms with E-state index in [0.29, 0.717) is 29.8 Å². The molecule has 2 amide bonds. The summed E-state index contributed by atoms with van der Waals surface area (Å²) >= 11 is 7.48. The van der Waals surface area contributed by atoms with E-state index in [-0.39, 0.29) is 11.8 Å². The van der Waals surface area contributed by atoms with Gasteiger partial charge < -0.3 is 10.2 Å². The molecule has 0 aliphatic carbocycles. The Balaban J connectivity index is 1.97. The van der Waals surface area contributed by atoms with Crippen molar-refractivity contribution in [3.05, 3.63) is 70.7 Å². The lowest BCUT2D eigenvalue weighted by molar-refractivity contribution is -0.138. The van der Waals surface area contributed by atoms with Gasteiger partial charge in [0.15, 0.2) is 0 Å². The van der Waals surface area contributed by atoms with Crippen LogP contribution < -0.4 is 5.32 Å². The molecule has 0 radical (unpaired) electrons. The maximum absolute atomic E-state index is 13.0. The number of hydrogen-bond acceptors (Lipinski definition) is 3. The van der Waals surface area contributed by atoms with Gasteiger partial charge in [0.1, 0.15) is 6.04 Å². The third-order valence-electron chi connectivity index (χ3n) is 4.74. The van der Waals surface area contributed by atoms with Crippen molar-refractivity contribution in [2.45, 2.75) is 39.0 Å². The zero-order valence-electron chi connectivity index (χ0n) is 17.9. The quantitative estimate of drug-likeness (QED) is 0.539. The normalized spacial score (nSPS) is 11.9. The number of hydrogen-bond donors (Lipinski definition) is 1. The Morgan fingerprint density at radius 3 is 2.30 bits per heavy atom. The van der Waals surface area contributed by atoms with Crippen LogP contribution in [0.25, 0.3) is 0 Å². The van der Waals surface area contributed by atoms with Gasteiger partial charge in [0.05, 0.1) is 5.75 Å². The van der Waals surface area contributed by atoms with Crippen molar-refractivity contribution < 1.29 is 9.59 Å². The summed E-state index contributed by atoms with van der Waals surface area (Å²) in [6.07, 6.45) is 0.718. The fraction of sp³-hybridized carbons (Fsp3) is 0.417. The van der Waals surface area contributed by atoms with Gasteiger partial charge >= 0.3 is 0 Å². The fourth-order valence-corrected chi connectivity index (χ4v) is 3.94. The molecular formula is C24H31ClN2O2S. The molecule has 162 valence electrons. The number of carbonyl (C=O) groups excluding carboxylic acids is 2. The summed E-state index contributed by atoms with van der Waals surface area (Å²) in [6.45, 7) is 7.03. The Morgan fingerprint density at radius 2 is 1.67 bits per heavy atom. The van der Waals surface area contributed by atoms with Gasteiger partial charge in [0.2, 0.25) is 11.8 Å². The molecule has 0 saturated heterocycles. The number of thioether (sulfide) groups is 1. The predicted octanol–water partition coefficient (Wildman–Crippen LogP) is 4.81. The number of halogens is 1. The number of amides is 2. The zero-order valence-corrected chi connectivity index (χ0v) is 19.5. The lowest BCUT2D eigenvalue weighted by Crippen LogP contribution is -2.50. The molecule has 4 nitrogen and oxygen atoms in total. The monoisotopic (exact) mass is 446 g/mol. The number of rotatable bonds is 11. The van der Waals surface area contributed by atoms with E-state index < -0.39 is 6.04 Å². The van der Waals surface area contributed by atoms with Gasteiger partial charge in [0, 0.05) is 23.9 Å². The van der Waals surface area contributed by atoms with Crippen LogP contribution >= 0.6 is 23.4 Å². The molecular weight excluding hydrogens is 416 g/mol. The Labute approximate surface area is 189 Å². The van der Waals surface area contributed by atoms with Gasteiger partial charge in [-0.1, -0.05) is 67.9 Å². The van der Waals surface area contributed by atoms with Crippen LogP contribution in [0.15, 0.2) is 54.6 Å². The number of carbonyl (C=O) groups is 2. The molecule has 0 saturated carbocycles. The van der Waals surface area contributed by atoms with Crippen LogP contribution in [0.2, 0.25) is 5.02 Å². The highest BCUT2D eigenvalue weighted by molar-refractivity contribution is 7.99. The van der Waals surface area contributed by atoms with Gasteiger partial charge in [-0.25, -0.2) is 0 Å². The van der Waals surface area contributed by atoms with E-state index in [2.05, 4.69) is 19.2 Å². The van der Waals surface area contributed by atoms with E-state index in [4.69, 9.17) is 11.6 Å². The lowest BCUT2D eigenvalue weighted by Gasteiger charge is -2.29. The summed E-state index contributed by atoms with van der Waals surface area (Å²) in [7, 11) is 0. The maximum atomic E-state index is 13.0. The molecule has 1 atom stereocenters. The fourth-order valence-electron chi connectivity index (χ4n) is 2.94. The van der Waals surface area contributed by atoms with Crippen LogP contribution in [0.5, 0.6) is 0 Å². The van der Waals surface area contributed by atoms with Crippen LogP contribution in [0, 0.1) is 5.92 Å². The van der Waals surface area contributed by atoms with Crippen LogP contribution in [0.1, 0.15) is 31.9 Å². The second kappa shape index (κ2) is 12.7. The van der Waals surface area contributed by atoms with Crippen molar-refractivity contribution in [1.29, 1.82) is 0 Å². The van der Waals surface area contributed by atoms with Crippen LogP contribution in [-0.4, -0.2) is 41.6 Å². The molecule has 0 heterocycles. The van der Waals surface area contributed by atoms with E-state index >= 15 is 0 Å². The zero-order chi connectivity index (χ0) is 21.9. The smallest absolute Gasteiger partial charge is 0.242 e. The minimum atomic E-state index is -0.504. The molecule has 2 aromatic carbocycles. The van der Waals surface area contributed by atoms with E-state index in [9.17, 15) is 9.59 Å². The Morgan fingerprint density at radius 1 is 1.00 bits per heavy atom. The molecule has 0 spiro atoms. The number of nitrogens with one attached hydrogen (secondary N) is 1. The maximum Gasteiger partial charge on any atom is 0.242 e. The molecule has 0 unspecified atom stereocenters. The van der Waals surface area contributed by atoms with Gasteiger partial charge in [0.25, 0.3) is 0 Å². The molecule has 2 rings (SSSR count). The second-order valence-electron chi connectivity index (χ2n) is 7.76. The van der Waals surface area contributed by atoms with Crippen molar-refractivity contribution in [3.63, 3.8) is 0 Å². The Bertz CT molecular complexity index is 797. The summed E-state index contributed by atoms with van der Waals surface area (Å²) in [5.41, 5.74) is 2.27. The van der Waals surface area contributed by atoms with Gasteiger partial charge in [-0.05, 0) is 42.5 Å². The second-order valence-corrected chi connectivity index (χ2v) is 9.18. The summed E-state index contributed by atoms with van der Waals surface area (Å²) in [4.78, 5) is 27.3. The standard InChI is InChI=1S/C24H31ClN2O2S/c1-18(2)15-26-24(29)19(3)27(14-13-20-7-5-4-6-8-20)23(28)17-30-16-21-9-11-22(25)12-10-21/h4-12,18-19H,13-17H2,1-3H3,(H,26,29)/t19-/m0/s1. The Hall–Kier alpha value is -1.98. The third kappa shape index (κ3) is 8.41. The average Bonchev–Trinajstić information content (AvgIpc) is 2.74. The molecule has 0 aromatic heterocycles. The molecule has 6 heteroatoms. The summed E-state index contributed by atoms with van der Waals surface area (Å²) in [5, 5.41) is 3.65. The molecule has 2 aromatic rings. The molecule has 0 fully saturated rings. The summed E-state index contributed by atoms with van der Waals surface area (Å²) in [6, 6.07) is 17.2. The van der Waals surface area contributed by atoms with Crippen molar-refractivity contribution in [2.24, 2.45) is 5.92 Å². The van der Waals surface area contributed by atoms with Gasteiger partial charge in [-0.15, -0.1) is 11.8 Å². The Kier molecular flexibility index (Phi) is 10.2. The van der Waals surface area contributed by atoms with Crippen LogP contribution in [-0.2, 0) is 21.8 Å². The average molecular weight is 447 g/mol. The first-order valence-electron chi connectivity index (χ1n) is 10.3. The highest BCUT2D eigenvalue weighted by Gasteiger charge is 2.25. The number of nitrogens with zero attached hydrogens (tertiary/aromatic N) is 1. The summed E-state index contributed by atoms with van der Waals surface area (Å²) < 4.78 is 0. The van der Waals surface area contributed by atoms with Gasteiger partial charge in [-0.2, -0.15) is 0 Å². The highest BCUT2D eigenvalue weighted by atomic mass is 35.5. The van der Waals surface area contributed by atoms with E-state index in [1.54, 1.807) is 16.7 Å². The van der Waals surface area contributed by atoms with Gasteiger partial charge in [-0.3, -0.25) is 9.59 Å². The first kappa shape index (κ1) is 24.3. The van der Waals surface area contributed by atoms with Crippen molar-refractivity contribution in [2.75, 3.05) is 18.8 Å². The number of benzene rings is 2. The first-order valence-corrected chi connectivity index (χ1v) is 11.8. The summed E-state index contributed by atoms with van der Waals surface area (Å²) in [5.74, 6) is 1.30. The van der Waals surface area contributed by atoms with E-state index in [0.717, 1.165) is 23.3 Å². The highest BCUT2D eigenvalue weighted by Crippen LogP contribution is 2.17. The van der Waals surface area contributed by atoms with E-state index in [1.165, 1.54) is 0 Å². The molecule has 0 aliphatic heterocycles. The van der Waals surface area contributed by atoms with Crippen molar-refractivity contribution in [3.8, 4) is 0 Å². The van der Waals surface area contributed by atoms with Crippen molar-refractivity contribution >= 4 is 35.2 Å². The van der Waals surface area contributed by atoms with E-state index in [1.807, 2.05) is 61.5 Å². The molecule has 1 N–H and O–H groups in total. The first-order chi connectivity index (χ1) is 14.4. The van der Waals surface area contributed by atoms with Crippen LogP contribution in [0.3, 0.4) is 0 Å². The topological polar surface area (TPSA) is 49.4 Å². The molecule has 0 bridgehead atoms. The molecule has 30 heavy (non-hydrogen) atoms. The van der Waals surface area contributed by atoms with Crippen molar-refractivity contribution in [1.82, 2.24) is 10.2 Å².